The lowest BCUT2D eigenvalue weighted by molar-refractivity contribution is -0.113. The average molecular weight is 461 g/mol. The highest BCUT2D eigenvalue weighted by Crippen LogP contribution is 2.35. The van der Waals surface area contributed by atoms with Crippen molar-refractivity contribution in [1.29, 1.82) is 0 Å². The first-order valence-corrected chi connectivity index (χ1v) is 10.9. The smallest absolute Gasteiger partial charge is 0.270 e. The fourth-order valence-electron chi connectivity index (χ4n) is 3.04. The number of hydrogen-bond acceptors (Lipinski definition) is 4. The SMILES string of the molecule is O=C(Nc1ccc(F)cc1)c1cccc(N2C(=O)/C(=C\C=C\c3ccccc3)SC2=S)c1. The molecule has 0 aliphatic carbocycles. The topological polar surface area (TPSA) is 49.4 Å². The van der Waals surface area contributed by atoms with Gasteiger partial charge in [0.05, 0.1) is 10.6 Å². The minimum Gasteiger partial charge on any atom is -0.322 e. The second-order valence-electron chi connectivity index (χ2n) is 6.82. The van der Waals surface area contributed by atoms with Crippen LogP contribution in [0.15, 0.2) is 95.9 Å². The number of allylic oxidation sites excluding steroid dienone is 2. The van der Waals surface area contributed by atoms with E-state index in [1.165, 1.54) is 40.9 Å². The highest BCUT2D eigenvalue weighted by molar-refractivity contribution is 8.27. The van der Waals surface area contributed by atoms with Gasteiger partial charge in [-0.05, 0) is 54.1 Å². The highest BCUT2D eigenvalue weighted by atomic mass is 32.2. The number of nitrogens with one attached hydrogen (secondary N) is 1. The van der Waals surface area contributed by atoms with E-state index in [2.05, 4.69) is 5.32 Å². The van der Waals surface area contributed by atoms with E-state index in [1.807, 2.05) is 42.5 Å². The molecule has 0 radical (unpaired) electrons. The summed E-state index contributed by atoms with van der Waals surface area (Å²) in [5.74, 6) is -0.995. The molecule has 158 valence electrons. The van der Waals surface area contributed by atoms with Crippen LogP contribution in [0.4, 0.5) is 15.8 Å². The number of carbonyl (C=O) groups is 2. The van der Waals surface area contributed by atoms with E-state index < -0.39 is 0 Å². The molecular weight excluding hydrogens is 443 g/mol. The van der Waals surface area contributed by atoms with Crippen molar-refractivity contribution in [2.45, 2.75) is 0 Å². The van der Waals surface area contributed by atoms with Crippen LogP contribution in [0.2, 0.25) is 0 Å². The Labute approximate surface area is 194 Å². The van der Waals surface area contributed by atoms with E-state index in [0.717, 1.165) is 5.56 Å². The average Bonchev–Trinajstić information content (AvgIpc) is 3.09. The Hall–Kier alpha value is -3.55. The summed E-state index contributed by atoms with van der Waals surface area (Å²) in [7, 11) is 0. The fourth-order valence-corrected chi connectivity index (χ4v) is 4.29. The highest BCUT2D eigenvalue weighted by Gasteiger charge is 2.33. The molecule has 2 amide bonds. The van der Waals surface area contributed by atoms with E-state index in [-0.39, 0.29) is 17.6 Å². The lowest BCUT2D eigenvalue weighted by atomic mass is 10.1. The Kier molecular flexibility index (Phi) is 6.58. The summed E-state index contributed by atoms with van der Waals surface area (Å²) < 4.78 is 13.5. The standard InChI is InChI=1S/C25H17FN2O2S2/c26-19-12-14-20(15-13-19)27-23(29)18-9-5-10-21(16-18)28-24(30)22(32-25(28)31)11-4-8-17-6-2-1-3-7-17/h1-16H,(H,27,29)/b8-4+,22-11+. The first-order chi connectivity index (χ1) is 15.5. The molecule has 1 aliphatic heterocycles. The van der Waals surface area contributed by atoms with Crippen molar-refractivity contribution in [2.75, 3.05) is 10.2 Å². The molecule has 32 heavy (non-hydrogen) atoms. The van der Waals surface area contributed by atoms with Crippen molar-refractivity contribution in [1.82, 2.24) is 0 Å². The minimum absolute atomic E-state index is 0.242. The zero-order chi connectivity index (χ0) is 22.5. The predicted molar refractivity (Wildman–Crippen MR) is 132 cm³/mol. The van der Waals surface area contributed by atoms with Gasteiger partial charge in [0.1, 0.15) is 5.82 Å². The van der Waals surface area contributed by atoms with Gasteiger partial charge >= 0.3 is 0 Å². The Morgan fingerprint density at radius 3 is 2.50 bits per heavy atom. The van der Waals surface area contributed by atoms with Crippen LogP contribution in [0.5, 0.6) is 0 Å². The lowest BCUT2D eigenvalue weighted by Crippen LogP contribution is -2.27. The molecule has 4 nitrogen and oxygen atoms in total. The van der Waals surface area contributed by atoms with Crippen molar-refractivity contribution in [3.05, 3.63) is 113 Å². The van der Waals surface area contributed by atoms with Crippen molar-refractivity contribution >= 4 is 57.6 Å². The van der Waals surface area contributed by atoms with Crippen LogP contribution in [0.1, 0.15) is 15.9 Å². The second kappa shape index (κ2) is 9.72. The number of carbonyl (C=O) groups excluding carboxylic acids is 2. The molecule has 1 heterocycles. The number of nitrogens with zero attached hydrogens (tertiary/aromatic N) is 1. The van der Waals surface area contributed by atoms with Crippen LogP contribution in [-0.4, -0.2) is 16.1 Å². The van der Waals surface area contributed by atoms with Gasteiger partial charge in [0.2, 0.25) is 0 Å². The van der Waals surface area contributed by atoms with Gasteiger partial charge in [0, 0.05) is 11.3 Å². The van der Waals surface area contributed by atoms with Crippen molar-refractivity contribution in [3.8, 4) is 0 Å². The molecule has 0 atom stereocenters. The minimum atomic E-state index is -0.383. The Morgan fingerprint density at radius 1 is 1.00 bits per heavy atom. The zero-order valence-corrected chi connectivity index (χ0v) is 18.3. The first kappa shape index (κ1) is 21.7. The monoisotopic (exact) mass is 460 g/mol. The van der Waals surface area contributed by atoms with Gasteiger partial charge in [-0.25, -0.2) is 4.39 Å². The summed E-state index contributed by atoms with van der Waals surface area (Å²) in [4.78, 5) is 27.5. The molecular formula is C25H17FN2O2S2. The van der Waals surface area contributed by atoms with E-state index >= 15 is 0 Å². The Bertz CT molecular complexity index is 1240. The Morgan fingerprint density at radius 2 is 1.75 bits per heavy atom. The number of thioether (sulfide) groups is 1. The molecule has 0 unspecified atom stereocenters. The van der Waals surface area contributed by atoms with Crippen LogP contribution in [0.25, 0.3) is 6.08 Å². The number of amides is 2. The van der Waals surface area contributed by atoms with E-state index in [1.54, 1.807) is 30.3 Å². The molecule has 1 N–H and O–H groups in total. The molecule has 3 aromatic carbocycles. The van der Waals surface area contributed by atoms with Crippen molar-refractivity contribution in [2.24, 2.45) is 0 Å². The molecule has 0 saturated carbocycles. The molecule has 1 saturated heterocycles. The van der Waals surface area contributed by atoms with Crippen LogP contribution < -0.4 is 10.2 Å². The number of benzene rings is 3. The summed E-state index contributed by atoms with van der Waals surface area (Å²) in [5.41, 5.74) is 2.36. The van der Waals surface area contributed by atoms with Gasteiger partial charge in [-0.2, -0.15) is 0 Å². The van der Waals surface area contributed by atoms with Gasteiger partial charge in [0.15, 0.2) is 4.32 Å². The van der Waals surface area contributed by atoms with Crippen LogP contribution in [0.3, 0.4) is 0 Å². The Balaban J connectivity index is 1.51. The van der Waals surface area contributed by atoms with Crippen LogP contribution in [-0.2, 0) is 4.79 Å². The summed E-state index contributed by atoms with van der Waals surface area (Å²) in [6, 6.07) is 21.9. The first-order valence-electron chi connectivity index (χ1n) is 9.68. The molecule has 7 heteroatoms. The molecule has 3 aromatic rings. The second-order valence-corrected chi connectivity index (χ2v) is 8.50. The van der Waals surface area contributed by atoms with Gasteiger partial charge in [-0.3, -0.25) is 14.5 Å². The van der Waals surface area contributed by atoms with Crippen LogP contribution >= 0.6 is 24.0 Å². The number of rotatable bonds is 5. The van der Waals surface area contributed by atoms with E-state index in [9.17, 15) is 14.0 Å². The summed E-state index contributed by atoms with van der Waals surface area (Å²) >= 11 is 6.63. The molecule has 0 spiro atoms. The third kappa shape index (κ3) is 5.01. The maximum absolute atomic E-state index is 13.1. The summed E-state index contributed by atoms with van der Waals surface area (Å²) in [5, 5.41) is 2.71. The molecule has 0 aromatic heterocycles. The maximum Gasteiger partial charge on any atom is 0.270 e. The maximum atomic E-state index is 13.1. The molecule has 4 rings (SSSR count). The van der Waals surface area contributed by atoms with E-state index in [4.69, 9.17) is 12.2 Å². The van der Waals surface area contributed by atoms with Crippen molar-refractivity contribution < 1.29 is 14.0 Å². The quantitative estimate of drug-likeness (QED) is 0.373. The molecule has 1 fully saturated rings. The van der Waals surface area contributed by atoms with Gasteiger partial charge in [0.25, 0.3) is 11.8 Å². The third-order valence-electron chi connectivity index (χ3n) is 4.60. The number of thiocarbonyl (C=S) groups is 1. The predicted octanol–water partition coefficient (Wildman–Crippen LogP) is 6.04. The number of halogens is 1. The third-order valence-corrected chi connectivity index (χ3v) is 5.92. The van der Waals surface area contributed by atoms with Gasteiger partial charge in [-0.15, -0.1) is 0 Å². The van der Waals surface area contributed by atoms with Crippen LogP contribution in [0, 0.1) is 5.82 Å². The molecule has 0 bridgehead atoms. The van der Waals surface area contributed by atoms with Gasteiger partial charge < -0.3 is 5.32 Å². The van der Waals surface area contributed by atoms with Crippen molar-refractivity contribution in [3.63, 3.8) is 0 Å². The fraction of sp³-hybridized carbons (Fsp3) is 0. The zero-order valence-electron chi connectivity index (χ0n) is 16.7. The number of anilines is 2. The van der Waals surface area contributed by atoms with E-state index in [0.29, 0.717) is 26.2 Å². The molecule has 1 aliphatic rings. The lowest BCUT2D eigenvalue weighted by Gasteiger charge is -2.15. The number of hydrogen-bond donors (Lipinski definition) is 1. The summed E-state index contributed by atoms with van der Waals surface area (Å²) in [6.45, 7) is 0. The summed E-state index contributed by atoms with van der Waals surface area (Å²) in [6.07, 6.45) is 5.46. The van der Waals surface area contributed by atoms with Gasteiger partial charge in [-0.1, -0.05) is 72.5 Å². The largest absolute Gasteiger partial charge is 0.322 e. The normalized spacial score (nSPS) is 15.0.